The molecule has 1 aliphatic carbocycles. The van der Waals surface area contributed by atoms with Crippen LogP contribution in [0.25, 0.3) is 0 Å². The van der Waals surface area contributed by atoms with Gasteiger partial charge in [-0.2, -0.15) is 0 Å². The van der Waals surface area contributed by atoms with Crippen molar-refractivity contribution in [1.82, 2.24) is 4.98 Å². The fourth-order valence-electron chi connectivity index (χ4n) is 4.52. The molecular weight excluding hydrogens is 378 g/mol. The maximum absolute atomic E-state index is 13.3. The lowest BCUT2D eigenvalue weighted by molar-refractivity contribution is -0.123. The molecule has 0 radical (unpaired) electrons. The number of carbonyl (C=O) groups is 2. The van der Waals surface area contributed by atoms with Crippen LogP contribution in [0.1, 0.15) is 43.9 Å². The molecule has 6 nitrogen and oxygen atoms in total. The van der Waals surface area contributed by atoms with Gasteiger partial charge in [-0.05, 0) is 56.0 Å². The predicted octanol–water partition coefficient (Wildman–Crippen LogP) is 4.16. The number of allylic oxidation sites excluding steroid dienone is 1. The predicted molar refractivity (Wildman–Crippen MR) is 115 cm³/mol. The summed E-state index contributed by atoms with van der Waals surface area (Å²) >= 11 is 0. The molecule has 154 valence electrons. The Labute approximate surface area is 175 Å². The van der Waals surface area contributed by atoms with E-state index >= 15 is 0 Å². The van der Waals surface area contributed by atoms with E-state index in [0.717, 1.165) is 23.4 Å². The van der Waals surface area contributed by atoms with Gasteiger partial charge in [-0.1, -0.05) is 25.1 Å². The number of ketones is 1. The second-order valence-electron chi connectivity index (χ2n) is 8.25. The topological polar surface area (TPSA) is 91.6 Å². The van der Waals surface area contributed by atoms with Crippen molar-refractivity contribution >= 4 is 23.2 Å². The monoisotopic (exact) mass is 403 g/mol. The van der Waals surface area contributed by atoms with Gasteiger partial charge < -0.3 is 10.4 Å². The molecule has 0 saturated heterocycles. The number of carbonyl (C=O) groups excluding carboxylic acids is 2. The summed E-state index contributed by atoms with van der Waals surface area (Å²) in [6.45, 7) is 5.73. The molecule has 2 aliphatic rings. The van der Waals surface area contributed by atoms with Crippen LogP contribution in [-0.2, 0) is 9.59 Å². The van der Waals surface area contributed by atoms with E-state index in [1.165, 1.54) is 0 Å². The van der Waals surface area contributed by atoms with Crippen LogP contribution in [0.4, 0.5) is 5.82 Å². The van der Waals surface area contributed by atoms with Crippen LogP contribution >= 0.6 is 0 Å². The summed E-state index contributed by atoms with van der Waals surface area (Å²) in [5.41, 5.74) is 3.55. The van der Waals surface area contributed by atoms with Crippen LogP contribution in [0.2, 0.25) is 0 Å². The molecule has 4 rings (SSSR count). The van der Waals surface area contributed by atoms with Gasteiger partial charge in [0.15, 0.2) is 0 Å². The standard InChI is InChI=1S/C24H25N3O3/c1-13-11-18-23(19(29)12-13)22(16-7-9-17(28)10-8-16)21(15(3)26-18)24(30)27-20-6-4-5-14(2)25-20/h4-10,13,22-23,28H,11-12H2,1-3H3,(H,25,27,30)/t13-,22-,23-/m1/s1. The van der Waals surface area contributed by atoms with Gasteiger partial charge >= 0.3 is 0 Å². The smallest absolute Gasteiger partial charge is 0.255 e. The van der Waals surface area contributed by atoms with E-state index in [-0.39, 0.29) is 23.4 Å². The third kappa shape index (κ3) is 3.77. The zero-order chi connectivity index (χ0) is 21.4. The number of rotatable bonds is 3. The van der Waals surface area contributed by atoms with Crippen LogP contribution in [0.3, 0.4) is 0 Å². The Morgan fingerprint density at radius 3 is 2.50 bits per heavy atom. The van der Waals surface area contributed by atoms with E-state index in [4.69, 9.17) is 4.99 Å². The fraction of sp³-hybridized carbons (Fsp3) is 0.333. The molecule has 6 heteroatoms. The van der Waals surface area contributed by atoms with Gasteiger partial charge in [-0.3, -0.25) is 14.6 Å². The first-order chi connectivity index (χ1) is 14.3. The minimum atomic E-state index is -0.458. The molecule has 1 aromatic heterocycles. The van der Waals surface area contributed by atoms with E-state index < -0.39 is 11.8 Å². The summed E-state index contributed by atoms with van der Waals surface area (Å²) in [7, 11) is 0. The Balaban J connectivity index is 1.79. The quantitative estimate of drug-likeness (QED) is 0.805. The fourth-order valence-corrected chi connectivity index (χ4v) is 4.52. The number of hydrogen-bond acceptors (Lipinski definition) is 5. The summed E-state index contributed by atoms with van der Waals surface area (Å²) in [5, 5.41) is 12.6. The van der Waals surface area contributed by atoms with E-state index in [2.05, 4.69) is 17.2 Å². The third-order valence-corrected chi connectivity index (χ3v) is 5.79. The van der Waals surface area contributed by atoms with E-state index in [0.29, 0.717) is 23.5 Å². The molecule has 2 heterocycles. The maximum Gasteiger partial charge on any atom is 0.255 e. The Hall–Kier alpha value is -3.28. The minimum Gasteiger partial charge on any atom is -0.508 e. The van der Waals surface area contributed by atoms with Gasteiger partial charge in [0.1, 0.15) is 17.4 Å². The third-order valence-electron chi connectivity index (χ3n) is 5.79. The SMILES string of the molecule is CC1=C(C(=O)Nc2cccc(C)n2)[C@@H](c2ccc(O)cc2)[C@H]2C(=O)C[C@H](C)CC2=N1. The van der Waals surface area contributed by atoms with Crippen LogP contribution in [-0.4, -0.2) is 27.5 Å². The van der Waals surface area contributed by atoms with Gasteiger partial charge in [0.05, 0.1) is 5.92 Å². The number of aryl methyl sites for hydroxylation is 1. The van der Waals surface area contributed by atoms with Gasteiger partial charge in [0, 0.05) is 35.0 Å². The summed E-state index contributed by atoms with van der Waals surface area (Å²) < 4.78 is 0. The number of fused-ring (bicyclic) bond motifs is 1. The number of anilines is 1. The highest BCUT2D eigenvalue weighted by Gasteiger charge is 2.44. The molecule has 1 fully saturated rings. The molecular formula is C24H25N3O3. The van der Waals surface area contributed by atoms with Crippen LogP contribution in [0.15, 0.2) is 58.7 Å². The lowest BCUT2D eigenvalue weighted by Crippen LogP contribution is -2.41. The maximum atomic E-state index is 13.3. The molecule has 0 spiro atoms. The van der Waals surface area contributed by atoms with Crippen LogP contribution in [0.5, 0.6) is 5.75 Å². The number of aromatic hydroxyl groups is 1. The van der Waals surface area contributed by atoms with Crippen molar-refractivity contribution in [2.24, 2.45) is 16.8 Å². The van der Waals surface area contributed by atoms with Gasteiger partial charge in [0.25, 0.3) is 5.91 Å². The molecule has 1 aliphatic heterocycles. The Morgan fingerprint density at radius 1 is 1.07 bits per heavy atom. The number of phenolic OH excluding ortho intramolecular Hbond substituents is 1. The Bertz CT molecular complexity index is 1070. The van der Waals surface area contributed by atoms with Crippen molar-refractivity contribution in [2.45, 2.75) is 39.5 Å². The molecule has 1 aromatic carbocycles. The highest BCUT2D eigenvalue weighted by molar-refractivity contribution is 6.14. The molecule has 3 atom stereocenters. The lowest BCUT2D eigenvalue weighted by Gasteiger charge is -2.37. The molecule has 30 heavy (non-hydrogen) atoms. The van der Waals surface area contributed by atoms with Crippen molar-refractivity contribution < 1.29 is 14.7 Å². The first-order valence-electron chi connectivity index (χ1n) is 10.2. The average Bonchev–Trinajstić information content (AvgIpc) is 2.67. The van der Waals surface area contributed by atoms with Crippen LogP contribution < -0.4 is 5.32 Å². The van der Waals surface area contributed by atoms with Crippen molar-refractivity contribution in [1.29, 1.82) is 0 Å². The number of amides is 1. The van der Waals surface area contributed by atoms with Crippen molar-refractivity contribution in [3.8, 4) is 5.75 Å². The van der Waals surface area contributed by atoms with E-state index in [1.807, 2.05) is 26.0 Å². The Kier molecular flexibility index (Phi) is 5.24. The lowest BCUT2D eigenvalue weighted by atomic mass is 9.67. The number of benzene rings is 1. The number of phenols is 1. The summed E-state index contributed by atoms with van der Waals surface area (Å²) in [4.78, 5) is 35.5. The first kappa shape index (κ1) is 20.0. The number of Topliss-reactive ketones (excluding diaryl/α,β-unsaturated/α-hetero) is 1. The molecule has 2 N–H and O–H groups in total. The first-order valence-corrected chi connectivity index (χ1v) is 10.2. The highest BCUT2D eigenvalue weighted by Crippen LogP contribution is 2.44. The molecule has 1 saturated carbocycles. The average molecular weight is 403 g/mol. The second-order valence-corrected chi connectivity index (χ2v) is 8.25. The normalized spacial score (nSPS) is 23.6. The van der Waals surface area contributed by atoms with Crippen molar-refractivity contribution in [3.05, 3.63) is 65.0 Å². The number of nitrogens with one attached hydrogen (secondary N) is 1. The van der Waals surface area contributed by atoms with Crippen LogP contribution in [0, 0.1) is 18.8 Å². The van der Waals surface area contributed by atoms with Gasteiger partial charge in [-0.15, -0.1) is 0 Å². The highest BCUT2D eigenvalue weighted by atomic mass is 16.3. The number of nitrogens with zero attached hydrogens (tertiary/aromatic N) is 2. The molecule has 1 amide bonds. The summed E-state index contributed by atoms with van der Waals surface area (Å²) in [6, 6.07) is 12.2. The van der Waals surface area contributed by atoms with Crippen molar-refractivity contribution in [2.75, 3.05) is 5.32 Å². The summed E-state index contributed by atoms with van der Waals surface area (Å²) in [5.74, 6) is -0.253. The van der Waals surface area contributed by atoms with Crippen molar-refractivity contribution in [3.63, 3.8) is 0 Å². The molecule has 0 bridgehead atoms. The molecule has 2 aromatic rings. The van der Waals surface area contributed by atoms with E-state index in [9.17, 15) is 14.7 Å². The second kappa shape index (κ2) is 7.86. The number of aromatic nitrogens is 1. The summed E-state index contributed by atoms with van der Waals surface area (Å²) in [6.07, 6.45) is 1.22. The van der Waals surface area contributed by atoms with Gasteiger partial charge in [0.2, 0.25) is 0 Å². The number of aliphatic imine (C=N–C) groups is 1. The van der Waals surface area contributed by atoms with E-state index in [1.54, 1.807) is 30.3 Å². The largest absolute Gasteiger partial charge is 0.508 e. The minimum absolute atomic E-state index is 0.108. The number of pyridine rings is 1. The van der Waals surface area contributed by atoms with Gasteiger partial charge in [-0.25, -0.2) is 4.98 Å². The zero-order valence-corrected chi connectivity index (χ0v) is 17.3. The molecule has 0 unspecified atom stereocenters. The number of hydrogen-bond donors (Lipinski definition) is 2. The zero-order valence-electron chi connectivity index (χ0n) is 17.3. The Morgan fingerprint density at radius 2 is 1.80 bits per heavy atom.